The first-order valence-corrected chi connectivity index (χ1v) is 6.65. The van der Waals surface area contributed by atoms with Crippen LogP contribution in [0.3, 0.4) is 0 Å². The molecule has 1 heterocycles. The molecule has 1 aliphatic rings. The third kappa shape index (κ3) is 3.88. The Balaban J connectivity index is 2.16. The Bertz CT molecular complexity index is 585. The average Bonchev–Trinajstić information content (AvgIpc) is 2.44. The molecule has 5 nitrogen and oxygen atoms in total. The normalized spacial score (nSPS) is 19.0. The molecule has 1 fully saturated rings. The largest absolute Gasteiger partial charge is 0.478 e. The van der Waals surface area contributed by atoms with Crippen molar-refractivity contribution in [3.8, 4) is 0 Å². The number of carbonyl (C=O) groups excluding carboxylic acids is 1. The van der Waals surface area contributed by atoms with Gasteiger partial charge in [0.1, 0.15) is 5.82 Å². The first-order valence-electron chi connectivity index (χ1n) is 6.65. The van der Waals surface area contributed by atoms with Gasteiger partial charge in [0.2, 0.25) is 0 Å². The quantitative estimate of drug-likeness (QED) is 0.828. The lowest BCUT2D eigenvalue weighted by molar-refractivity contribution is -0.131. The monoisotopic (exact) mass is 293 g/mol. The third-order valence-corrected chi connectivity index (χ3v) is 3.33. The molecule has 1 unspecified atom stereocenters. The van der Waals surface area contributed by atoms with E-state index >= 15 is 0 Å². The summed E-state index contributed by atoms with van der Waals surface area (Å²) >= 11 is 0. The molecular formula is C15H16FNO4. The number of carboxylic acids is 1. The number of β-amino-alcohol motifs (C(OH)–C–C–N with tert-alkyl or cyclic N) is 1. The van der Waals surface area contributed by atoms with Gasteiger partial charge >= 0.3 is 5.97 Å². The molecule has 0 aromatic heterocycles. The van der Waals surface area contributed by atoms with Crippen molar-refractivity contribution >= 4 is 18.0 Å². The van der Waals surface area contributed by atoms with E-state index in [-0.39, 0.29) is 12.1 Å². The fraction of sp³-hybridized carbons (Fsp3) is 0.333. The zero-order valence-electron chi connectivity index (χ0n) is 11.3. The number of aliphatic hydroxyl groups is 1. The molecule has 0 radical (unpaired) electrons. The van der Waals surface area contributed by atoms with Gasteiger partial charge in [0.15, 0.2) is 0 Å². The zero-order valence-corrected chi connectivity index (χ0v) is 11.3. The number of carboxylic acid groups (broad SMARTS) is 1. The Hall–Kier alpha value is -2.21. The second-order valence-electron chi connectivity index (χ2n) is 4.96. The molecule has 1 amide bonds. The number of aliphatic carboxylic acids is 1. The Morgan fingerprint density at radius 1 is 1.38 bits per heavy atom. The van der Waals surface area contributed by atoms with Gasteiger partial charge in [-0.3, -0.25) is 4.79 Å². The highest BCUT2D eigenvalue weighted by Gasteiger charge is 2.24. The summed E-state index contributed by atoms with van der Waals surface area (Å²) in [6.45, 7) is 0.703. The Labute approximate surface area is 121 Å². The van der Waals surface area contributed by atoms with Crippen molar-refractivity contribution in [3.05, 3.63) is 41.2 Å². The van der Waals surface area contributed by atoms with Crippen LogP contribution in [0.1, 0.15) is 28.8 Å². The van der Waals surface area contributed by atoms with Crippen molar-refractivity contribution in [3.63, 3.8) is 0 Å². The number of piperidine rings is 1. The van der Waals surface area contributed by atoms with Gasteiger partial charge in [-0.15, -0.1) is 0 Å². The SMILES string of the molecule is O=C(O)C=Cc1ccc(C(=O)N2CCCC(O)C2)c(F)c1. The molecule has 112 valence electrons. The van der Waals surface area contributed by atoms with Crippen molar-refractivity contribution in [2.24, 2.45) is 0 Å². The van der Waals surface area contributed by atoms with E-state index in [2.05, 4.69) is 0 Å². The van der Waals surface area contributed by atoms with Crippen LogP contribution >= 0.6 is 0 Å². The molecule has 6 heteroatoms. The minimum Gasteiger partial charge on any atom is -0.478 e. The third-order valence-electron chi connectivity index (χ3n) is 3.33. The second-order valence-corrected chi connectivity index (χ2v) is 4.96. The summed E-state index contributed by atoms with van der Waals surface area (Å²) in [5.41, 5.74) is 0.293. The zero-order chi connectivity index (χ0) is 15.4. The standard InChI is InChI=1S/C15H16FNO4/c16-13-8-10(4-6-14(19)20)3-5-12(13)15(21)17-7-1-2-11(18)9-17/h3-6,8,11,18H,1-2,7,9H2,(H,19,20). The van der Waals surface area contributed by atoms with E-state index in [9.17, 15) is 19.1 Å². The van der Waals surface area contributed by atoms with Gasteiger partial charge in [-0.1, -0.05) is 6.07 Å². The number of likely N-dealkylation sites (tertiary alicyclic amines) is 1. The predicted octanol–water partition coefficient (Wildman–Crippen LogP) is 1.52. The molecule has 0 saturated carbocycles. The van der Waals surface area contributed by atoms with E-state index in [1.54, 1.807) is 0 Å². The highest BCUT2D eigenvalue weighted by Crippen LogP contribution is 2.17. The molecular weight excluding hydrogens is 277 g/mol. The molecule has 0 aliphatic carbocycles. The van der Waals surface area contributed by atoms with Gasteiger partial charge in [-0.25, -0.2) is 9.18 Å². The van der Waals surface area contributed by atoms with Crippen LogP contribution in [-0.2, 0) is 4.79 Å². The van der Waals surface area contributed by atoms with Crippen LogP contribution < -0.4 is 0 Å². The number of rotatable bonds is 3. The number of amides is 1. The second kappa shape index (κ2) is 6.49. The van der Waals surface area contributed by atoms with E-state index in [1.807, 2.05) is 0 Å². The van der Waals surface area contributed by atoms with Gasteiger partial charge in [0.25, 0.3) is 5.91 Å². The summed E-state index contributed by atoms with van der Waals surface area (Å²) in [6, 6.07) is 3.93. The fourth-order valence-electron chi connectivity index (χ4n) is 2.29. The fourth-order valence-corrected chi connectivity index (χ4v) is 2.29. The van der Waals surface area contributed by atoms with Crippen LogP contribution in [0, 0.1) is 5.82 Å². The Morgan fingerprint density at radius 2 is 2.14 bits per heavy atom. The van der Waals surface area contributed by atoms with Crippen LogP contribution in [0.2, 0.25) is 0 Å². The molecule has 0 spiro atoms. The first kappa shape index (κ1) is 15.2. The Morgan fingerprint density at radius 3 is 2.76 bits per heavy atom. The molecule has 2 rings (SSSR count). The van der Waals surface area contributed by atoms with Gasteiger partial charge in [-0.2, -0.15) is 0 Å². The number of halogens is 1. The number of nitrogens with zero attached hydrogens (tertiary/aromatic N) is 1. The summed E-state index contributed by atoms with van der Waals surface area (Å²) < 4.78 is 14.0. The maximum Gasteiger partial charge on any atom is 0.328 e. The Kier molecular flexibility index (Phi) is 4.70. The van der Waals surface area contributed by atoms with E-state index in [0.717, 1.165) is 12.1 Å². The number of hydrogen-bond acceptors (Lipinski definition) is 3. The highest BCUT2D eigenvalue weighted by atomic mass is 19.1. The maximum atomic E-state index is 14.0. The average molecular weight is 293 g/mol. The van der Waals surface area contributed by atoms with Crippen LogP contribution in [0.25, 0.3) is 6.08 Å². The molecule has 1 aliphatic heterocycles. The molecule has 21 heavy (non-hydrogen) atoms. The molecule has 1 atom stereocenters. The van der Waals surface area contributed by atoms with Gasteiger partial charge in [-0.05, 0) is 36.6 Å². The number of aliphatic hydroxyl groups excluding tert-OH is 1. The van der Waals surface area contributed by atoms with Crippen LogP contribution in [0.4, 0.5) is 4.39 Å². The maximum absolute atomic E-state index is 14.0. The lowest BCUT2D eigenvalue weighted by atomic mass is 10.1. The molecule has 1 aromatic carbocycles. The lowest BCUT2D eigenvalue weighted by Crippen LogP contribution is -2.42. The number of benzene rings is 1. The summed E-state index contributed by atoms with van der Waals surface area (Å²) in [7, 11) is 0. The minimum absolute atomic E-state index is 0.0726. The number of carbonyl (C=O) groups is 2. The van der Waals surface area contributed by atoms with E-state index in [4.69, 9.17) is 5.11 Å². The van der Waals surface area contributed by atoms with Crippen molar-refractivity contribution in [2.45, 2.75) is 18.9 Å². The van der Waals surface area contributed by atoms with E-state index in [0.29, 0.717) is 24.9 Å². The van der Waals surface area contributed by atoms with Crippen molar-refractivity contribution in [1.82, 2.24) is 4.90 Å². The van der Waals surface area contributed by atoms with Crippen molar-refractivity contribution in [1.29, 1.82) is 0 Å². The molecule has 2 N–H and O–H groups in total. The minimum atomic E-state index is -1.13. The first-order chi connectivity index (χ1) is 9.97. The lowest BCUT2D eigenvalue weighted by Gasteiger charge is -2.30. The van der Waals surface area contributed by atoms with Crippen LogP contribution in [-0.4, -0.2) is 46.2 Å². The van der Waals surface area contributed by atoms with Crippen molar-refractivity contribution < 1.29 is 24.2 Å². The predicted molar refractivity (Wildman–Crippen MR) is 74.2 cm³/mol. The molecule has 1 aromatic rings. The molecule has 0 bridgehead atoms. The van der Waals surface area contributed by atoms with Gasteiger partial charge < -0.3 is 15.1 Å². The van der Waals surface area contributed by atoms with Crippen molar-refractivity contribution in [2.75, 3.05) is 13.1 Å². The van der Waals surface area contributed by atoms with Gasteiger partial charge in [0.05, 0.1) is 11.7 Å². The summed E-state index contributed by atoms with van der Waals surface area (Å²) in [5.74, 6) is -2.29. The molecule has 1 saturated heterocycles. The van der Waals surface area contributed by atoms with E-state index < -0.39 is 23.8 Å². The summed E-state index contributed by atoms with van der Waals surface area (Å²) in [4.78, 5) is 24.0. The van der Waals surface area contributed by atoms with Gasteiger partial charge in [0, 0.05) is 19.2 Å². The highest BCUT2D eigenvalue weighted by molar-refractivity contribution is 5.95. The van der Waals surface area contributed by atoms with Crippen LogP contribution in [0.15, 0.2) is 24.3 Å². The van der Waals surface area contributed by atoms with E-state index in [1.165, 1.54) is 23.1 Å². The smallest absolute Gasteiger partial charge is 0.328 e. The number of hydrogen-bond donors (Lipinski definition) is 2. The topological polar surface area (TPSA) is 77.8 Å². The van der Waals surface area contributed by atoms with Crippen LogP contribution in [0.5, 0.6) is 0 Å². The summed E-state index contributed by atoms with van der Waals surface area (Å²) in [6.07, 6.45) is 2.92. The summed E-state index contributed by atoms with van der Waals surface area (Å²) in [5, 5.41) is 18.1.